The molecule has 3 nitrogen and oxygen atoms in total. The summed E-state index contributed by atoms with van der Waals surface area (Å²) in [7, 11) is 1.65. The lowest BCUT2D eigenvalue weighted by atomic mass is 10.1. The minimum absolute atomic E-state index is 0.243. The molecule has 0 bridgehead atoms. The predicted octanol–water partition coefficient (Wildman–Crippen LogP) is 4.44. The monoisotopic (exact) mass is 379 g/mol. The highest BCUT2D eigenvalue weighted by molar-refractivity contribution is 5.28. The van der Waals surface area contributed by atoms with Gasteiger partial charge in [0.1, 0.15) is 11.6 Å². The molecule has 0 aliphatic carbocycles. The normalized spacial score (nSPS) is 12.1. The van der Waals surface area contributed by atoms with Crippen LogP contribution in [0.2, 0.25) is 0 Å². The van der Waals surface area contributed by atoms with Gasteiger partial charge in [-0.15, -0.1) is 0 Å². The maximum absolute atomic E-state index is 13.2. The van der Waals surface area contributed by atoms with Crippen LogP contribution in [0.15, 0.2) is 78.9 Å². The van der Waals surface area contributed by atoms with Gasteiger partial charge >= 0.3 is 0 Å². The standard InChI is InChI=1S/C24H26FNO2/c1-28-24-9-5-8-21(15-24)17-26(16-20-10-12-22(25)13-11-20)18-23(27)14-19-6-3-2-4-7-19/h2-13,15,23,27H,14,16-18H2,1H3. The van der Waals surface area contributed by atoms with Gasteiger partial charge in [0.05, 0.1) is 13.2 Å². The third-order valence-electron chi connectivity index (χ3n) is 4.64. The molecule has 0 fully saturated rings. The van der Waals surface area contributed by atoms with Gasteiger partial charge in [-0.3, -0.25) is 4.90 Å². The SMILES string of the molecule is COc1cccc(CN(Cc2ccc(F)cc2)CC(O)Cc2ccccc2)c1. The van der Waals surface area contributed by atoms with Crippen molar-refractivity contribution in [2.24, 2.45) is 0 Å². The van der Waals surface area contributed by atoms with Gasteiger partial charge in [0.25, 0.3) is 0 Å². The van der Waals surface area contributed by atoms with Crippen LogP contribution in [0.1, 0.15) is 16.7 Å². The first kappa shape index (κ1) is 20.1. The van der Waals surface area contributed by atoms with Crippen LogP contribution < -0.4 is 4.74 Å². The quantitative estimate of drug-likeness (QED) is 0.597. The van der Waals surface area contributed by atoms with Crippen LogP contribution in [0.5, 0.6) is 5.75 Å². The summed E-state index contributed by atoms with van der Waals surface area (Å²) < 4.78 is 18.6. The molecule has 1 unspecified atom stereocenters. The summed E-state index contributed by atoms with van der Waals surface area (Å²) in [5.74, 6) is 0.566. The van der Waals surface area contributed by atoms with Crippen LogP contribution in [0, 0.1) is 5.82 Å². The summed E-state index contributed by atoms with van der Waals surface area (Å²) in [5, 5.41) is 10.6. The maximum atomic E-state index is 13.2. The summed E-state index contributed by atoms with van der Waals surface area (Å²) in [4.78, 5) is 2.18. The van der Waals surface area contributed by atoms with Crippen molar-refractivity contribution >= 4 is 0 Å². The first-order valence-corrected chi connectivity index (χ1v) is 9.44. The van der Waals surface area contributed by atoms with Crippen molar-refractivity contribution in [3.8, 4) is 5.75 Å². The number of rotatable bonds is 9. The number of benzene rings is 3. The molecule has 1 N–H and O–H groups in total. The van der Waals surface area contributed by atoms with Crippen molar-refractivity contribution in [1.29, 1.82) is 0 Å². The molecular weight excluding hydrogens is 353 g/mol. The van der Waals surface area contributed by atoms with Gasteiger partial charge < -0.3 is 9.84 Å². The first-order chi connectivity index (χ1) is 13.6. The van der Waals surface area contributed by atoms with Crippen LogP contribution in [-0.4, -0.2) is 29.8 Å². The molecule has 0 radical (unpaired) electrons. The summed E-state index contributed by atoms with van der Waals surface area (Å²) in [5.41, 5.74) is 3.22. The fraction of sp³-hybridized carbons (Fsp3) is 0.250. The van der Waals surface area contributed by atoms with Crippen molar-refractivity contribution in [1.82, 2.24) is 4.90 Å². The molecule has 0 amide bonds. The molecule has 0 heterocycles. The smallest absolute Gasteiger partial charge is 0.123 e. The molecule has 0 saturated heterocycles. The Balaban J connectivity index is 1.71. The second-order valence-electron chi connectivity index (χ2n) is 6.99. The number of methoxy groups -OCH3 is 1. The summed E-state index contributed by atoms with van der Waals surface area (Å²) >= 11 is 0. The Kier molecular flexibility index (Phi) is 7.18. The highest BCUT2D eigenvalue weighted by Gasteiger charge is 2.14. The van der Waals surface area contributed by atoms with Gasteiger partial charge in [-0.2, -0.15) is 0 Å². The Hall–Kier alpha value is -2.69. The molecule has 3 rings (SSSR count). The Morgan fingerprint density at radius 3 is 2.25 bits per heavy atom. The van der Waals surface area contributed by atoms with Crippen LogP contribution in [0.25, 0.3) is 0 Å². The average Bonchev–Trinajstić information content (AvgIpc) is 2.70. The lowest BCUT2D eigenvalue weighted by Gasteiger charge is -2.25. The van der Waals surface area contributed by atoms with Crippen molar-refractivity contribution in [2.75, 3.05) is 13.7 Å². The number of ether oxygens (including phenoxy) is 1. The van der Waals surface area contributed by atoms with Gasteiger partial charge in [0.2, 0.25) is 0 Å². The number of hydrogen-bond donors (Lipinski definition) is 1. The summed E-state index contributed by atoms with van der Waals surface area (Å²) in [6.07, 6.45) is 0.104. The number of halogens is 1. The molecule has 146 valence electrons. The van der Waals surface area contributed by atoms with Crippen molar-refractivity contribution in [3.05, 3.63) is 101 Å². The third-order valence-corrected chi connectivity index (χ3v) is 4.64. The Labute approximate surface area is 166 Å². The van der Waals surface area contributed by atoms with E-state index in [0.29, 0.717) is 26.1 Å². The van der Waals surface area contributed by atoms with E-state index in [1.54, 1.807) is 19.2 Å². The first-order valence-electron chi connectivity index (χ1n) is 9.44. The van der Waals surface area contributed by atoms with Crippen LogP contribution >= 0.6 is 0 Å². The minimum atomic E-state index is -0.492. The van der Waals surface area contributed by atoms with E-state index in [1.165, 1.54) is 12.1 Å². The highest BCUT2D eigenvalue weighted by atomic mass is 19.1. The average molecular weight is 379 g/mol. The molecule has 0 spiro atoms. The zero-order valence-electron chi connectivity index (χ0n) is 16.1. The molecule has 28 heavy (non-hydrogen) atoms. The number of nitrogens with zero attached hydrogens (tertiary/aromatic N) is 1. The molecule has 0 aliphatic rings. The lowest BCUT2D eigenvalue weighted by molar-refractivity contribution is 0.104. The van der Waals surface area contributed by atoms with Crippen molar-refractivity contribution in [2.45, 2.75) is 25.6 Å². The summed E-state index contributed by atoms with van der Waals surface area (Å²) in [6, 6.07) is 24.4. The Morgan fingerprint density at radius 1 is 0.857 bits per heavy atom. The Bertz CT molecular complexity index is 852. The van der Waals surface area contributed by atoms with E-state index in [2.05, 4.69) is 4.90 Å². The van der Waals surface area contributed by atoms with Crippen LogP contribution in [0.3, 0.4) is 0 Å². The lowest BCUT2D eigenvalue weighted by Crippen LogP contribution is -2.33. The summed E-state index contributed by atoms with van der Waals surface area (Å²) in [6.45, 7) is 1.81. The zero-order chi connectivity index (χ0) is 19.8. The molecule has 0 saturated carbocycles. The van der Waals surface area contributed by atoms with E-state index in [0.717, 1.165) is 22.4 Å². The highest BCUT2D eigenvalue weighted by Crippen LogP contribution is 2.17. The second kappa shape index (κ2) is 10.0. The zero-order valence-corrected chi connectivity index (χ0v) is 16.1. The van der Waals surface area contributed by atoms with Gasteiger partial charge in [-0.25, -0.2) is 4.39 Å². The third kappa shape index (κ3) is 6.19. The maximum Gasteiger partial charge on any atom is 0.123 e. The second-order valence-corrected chi connectivity index (χ2v) is 6.99. The van der Waals surface area contributed by atoms with E-state index in [-0.39, 0.29) is 5.82 Å². The molecule has 0 aliphatic heterocycles. The van der Waals surface area contributed by atoms with Gasteiger partial charge in [0, 0.05) is 19.6 Å². The number of aliphatic hydroxyl groups is 1. The fourth-order valence-corrected chi connectivity index (χ4v) is 3.31. The van der Waals surface area contributed by atoms with E-state index < -0.39 is 6.10 Å². The van der Waals surface area contributed by atoms with E-state index in [9.17, 15) is 9.50 Å². The number of hydrogen-bond acceptors (Lipinski definition) is 3. The molecular formula is C24H26FNO2. The van der Waals surface area contributed by atoms with Crippen LogP contribution in [-0.2, 0) is 19.5 Å². The number of aliphatic hydroxyl groups excluding tert-OH is 1. The topological polar surface area (TPSA) is 32.7 Å². The molecule has 3 aromatic rings. The van der Waals surface area contributed by atoms with Gasteiger partial charge in [0.15, 0.2) is 0 Å². The largest absolute Gasteiger partial charge is 0.497 e. The molecule has 0 aromatic heterocycles. The fourth-order valence-electron chi connectivity index (χ4n) is 3.31. The van der Waals surface area contributed by atoms with Gasteiger partial charge in [-0.05, 0) is 47.4 Å². The predicted molar refractivity (Wildman–Crippen MR) is 110 cm³/mol. The van der Waals surface area contributed by atoms with Crippen molar-refractivity contribution in [3.63, 3.8) is 0 Å². The van der Waals surface area contributed by atoms with E-state index in [4.69, 9.17) is 4.74 Å². The van der Waals surface area contributed by atoms with E-state index in [1.807, 2.05) is 54.6 Å². The molecule has 3 aromatic carbocycles. The minimum Gasteiger partial charge on any atom is -0.497 e. The van der Waals surface area contributed by atoms with Crippen LogP contribution in [0.4, 0.5) is 4.39 Å². The Morgan fingerprint density at radius 2 is 1.54 bits per heavy atom. The molecule has 1 atom stereocenters. The van der Waals surface area contributed by atoms with Gasteiger partial charge in [-0.1, -0.05) is 54.6 Å². The van der Waals surface area contributed by atoms with E-state index >= 15 is 0 Å². The molecule has 4 heteroatoms. The van der Waals surface area contributed by atoms with Crippen molar-refractivity contribution < 1.29 is 14.2 Å².